The summed E-state index contributed by atoms with van der Waals surface area (Å²) in [5, 5.41) is 8.81. The first-order valence-corrected chi connectivity index (χ1v) is 4.64. The molecule has 1 aromatic carbocycles. The molecule has 0 aliphatic carbocycles. The second-order valence-electron chi connectivity index (χ2n) is 3.11. The third kappa shape index (κ3) is 3.48. The molecule has 0 saturated heterocycles. The van der Waals surface area contributed by atoms with Crippen molar-refractivity contribution >= 4 is 12.6 Å². The number of benzene rings is 1. The van der Waals surface area contributed by atoms with E-state index in [1.807, 2.05) is 30.3 Å². The summed E-state index contributed by atoms with van der Waals surface area (Å²) in [5.41, 5.74) is 1.70. The van der Waals surface area contributed by atoms with Crippen molar-refractivity contribution in [3.63, 3.8) is 0 Å². The van der Waals surface area contributed by atoms with Gasteiger partial charge in [0.1, 0.15) is 0 Å². The van der Waals surface area contributed by atoms with Crippen LogP contribution in [-0.2, 0) is 0 Å². The van der Waals surface area contributed by atoms with E-state index in [4.69, 9.17) is 5.11 Å². The average molecular weight is 202 g/mol. The van der Waals surface area contributed by atoms with Gasteiger partial charge in [0.2, 0.25) is 0 Å². The molecule has 0 aliphatic heterocycles. The zero-order valence-corrected chi connectivity index (χ0v) is 8.72. The van der Waals surface area contributed by atoms with Crippen molar-refractivity contribution in [1.29, 1.82) is 0 Å². The molecule has 0 aromatic heterocycles. The van der Waals surface area contributed by atoms with Gasteiger partial charge in [0, 0.05) is 11.8 Å². The summed E-state index contributed by atoms with van der Waals surface area (Å²) in [7, 11) is 0. The lowest BCUT2D eigenvalue weighted by atomic mass is 10.2. The van der Waals surface area contributed by atoms with E-state index in [1.165, 1.54) is 0 Å². The van der Waals surface area contributed by atoms with Gasteiger partial charge in [-0.3, -0.25) is 0 Å². The third-order valence-corrected chi connectivity index (χ3v) is 1.84. The van der Waals surface area contributed by atoms with E-state index < -0.39 is 0 Å². The summed E-state index contributed by atoms with van der Waals surface area (Å²) in [6, 6.07) is 9.58. The van der Waals surface area contributed by atoms with Crippen LogP contribution >= 0.6 is 0 Å². The fraction of sp³-hybridized carbons (Fsp3) is 0.167. The lowest BCUT2D eigenvalue weighted by Crippen LogP contribution is -1.95. The van der Waals surface area contributed by atoms with E-state index in [2.05, 4.69) is 16.7 Å². The first kappa shape index (κ1) is 11.3. The third-order valence-electron chi connectivity index (χ3n) is 1.84. The summed E-state index contributed by atoms with van der Waals surface area (Å²) >= 11 is 0. The predicted molar refractivity (Wildman–Crippen MR) is 63.4 cm³/mol. The quantitative estimate of drug-likeness (QED) is 0.591. The number of aliphatic hydroxyl groups excluding tert-OH is 1. The van der Waals surface area contributed by atoms with Gasteiger partial charge >= 0.3 is 0 Å². The molecule has 1 aromatic rings. The summed E-state index contributed by atoms with van der Waals surface area (Å²) in [6.45, 7) is 5.27. The molecule has 0 saturated carbocycles. The molecular weight excluding hydrogens is 188 g/mol. The number of rotatable bonds is 3. The van der Waals surface area contributed by atoms with Crippen molar-refractivity contribution in [2.45, 2.75) is 6.92 Å². The van der Waals surface area contributed by atoms with E-state index in [0.29, 0.717) is 5.84 Å². The normalized spacial score (nSPS) is 12.7. The summed E-state index contributed by atoms with van der Waals surface area (Å²) < 4.78 is 0. The van der Waals surface area contributed by atoms with Gasteiger partial charge in [0.05, 0.1) is 6.61 Å². The van der Waals surface area contributed by atoms with Gasteiger partial charge in [-0.25, -0.2) is 9.98 Å². The lowest BCUT2D eigenvalue weighted by molar-refractivity contribution is 0.331. The van der Waals surface area contributed by atoms with Gasteiger partial charge in [-0.15, -0.1) is 0 Å². The van der Waals surface area contributed by atoms with Crippen LogP contribution in [0.4, 0.5) is 0 Å². The van der Waals surface area contributed by atoms with Crippen LogP contribution in [0.5, 0.6) is 0 Å². The fourth-order valence-electron chi connectivity index (χ4n) is 1.01. The first-order valence-electron chi connectivity index (χ1n) is 4.64. The smallest absolute Gasteiger partial charge is 0.158 e. The molecule has 0 heterocycles. The second kappa shape index (κ2) is 5.88. The largest absolute Gasteiger partial charge is 0.392 e. The molecule has 3 heteroatoms. The zero-order chi connectivity index (χ0) is 11.1. The minimum atomic E-state index is 0.00269. The number of hydrogen-bond acceptors (Lipinski definition) is 2. The lowest BCUT2D eigenvalue weighted by Gasteiger charge is -1.98. The van der Waals surface area contributed by atoms with Crippen molar-refractivity contribution in [3.8, 4) is 0 Å². The summed E-state index contributed by atoms with van der Waals surface area (Å²) in [5.74, 6) is 0.559. The van der Waals surface area contributed by atoms with Gasteiger partial charge in [-0.05, 0) is 19.2 Å². The predicted octanol–water partition coefficient (Wildman–Crippen LogP) is 2.03. The van der Waals surface area contributed by atoms with Gasteiger partial charge in [0.15, 0.2) is 5.84 Å². The van der Waals surface area contributed by atoms with Gasteiger partial charge < -0.3 is 5.11 Å². The Kier molecular flexibility index (Phi) is 4.44. The maximum atomic E-state index is 8.81. The van der Waals surface area contributed by atoms with Crippen molar-refractivity contribution in [3.05, 3.63) is 47.7 Å². The second-order valence-corrected chi connectivity index (χ2v) is 3.11. The van der Waals surface area contributed by atoms with Crippen LogP contribution in [0, 0.1) is 0 Å². The van der Waals surface area contributed by atoms with Crippen molar-refractivity contribution in [2.24, 2.45) is 9.98 Å². The molecule has 0 aliphatic rings. The molecule has 0 unspecified atom stereocenters. The van der Waals surface area contributed by atoms with Crippen LogP contribution in [0.2, 0.25) is 0 Å². The molecule has 1 N–H and O–H groups in total. The first-order chi connectivity index (χ1) is 7.27. The van der Waals surface area contributed by atoms with Crippen molar-refractivity contribution in [1.82, 2.24) is 0 Å². The maximum absolute atomic E-state index is 8.81. The van der Waals surface area contributed by atoms with Crippen molar-refractivity contribution < 1.29 is 5.11 Å². The van der Waals surface area contributed by atoms with Gasteiger partial charge in [0.25, 0.3) is 0 Å². The Morgan fingerprint density at radius 2 is 2.07 bits per heavy atom. The number of hydrogen-bond donors (Lipinski definition) is 1. The Labute approximate surface area is 89.5 Å². The zero-order valence-electron chi connectivity index (χ0n) is 8.72. The van der Waals surface area contributed by atoms with Gasteiger partial charge in [-0.2, -0.15) is 0 Å². The number of aliphatic hydroxyl groups is 1. The minimum absolute atomic E-state index is 0.00269. The van der Waals surface area contributed by atoms with E-state index in [0.717, 1.165) is 11.1 Å². The molecule has 0 radical (unpaired) electrons. The molecule has 1 rings (SSSR count). The molecule has 0 bridgehead atoms. The molecule has 0 amide bonds. The monoisotopic (exact) mass is 202 g/mol. The van der Waals surface area contributed by atoms with Crippen molar-refractivity contribution in [2.75, 3.05) is 6.61 Å². The summed E-state index contributed by atoms with van der Waals surface area (Å²) in [6.07, 6.45) is 1.59. The average Bonchev–Trinajstić information content (AvgIpc) is 2.31. The number of amidine groups is 1. The highest BCUT2D eigenvalue weighted by atomic mass is 16.3. The van der Waals surface area contributed by atoms with E-state index in [-0.39, 0.29) is 6.61 Å². The van der Waals surface area contributed by atoms with Gasteiger partial charge in [-0.1, -0.05) is 30.3 Å². The van der Waals surface area contributed by atoms with E-state index in [9.17, 15) is 0 Å². The highest BCUT2D eigenvalue weighted by molar-refractivity contribution is 6.01. The molecule has 3 nitrogen and oxygen atoms in total. The van der Waals surface area contributed by atoms with Crippen LogP contribution in [0.3, 0.4) is 0 Å². The van der Waals surface area contributed by atoms with E-state index >= 15 is 0 Å². The Hall–Kier alpha value is -1.74. The number of aliphatic imine (C=N–C) groups is 2. The Morgan fingerprint density at radius 1 is 1.40 bits per heavy atom. The van der Waals surface area contributed by atoms with Crippen LogP contribution in [0.15, 0.2) is 52.1 Å². The standard InChI is InChI=1S/C12H14N2O/c1-10(9-15)8-14-12(13-2)11-6-4-3-5-7-11/h3-8,15H,2,9H2,1H3/b10-8+,14-12?. The highest BCUT2D eigenvalue weighted by Crippen LogP contribution is 2.03. The van der Waals surface area contributed by atoms with Crippen LogP contribution in [0.1, 0.15) is 12.5 Å². The van der Waals surface area contributed by atoms with E-state index in [1.54, 1.807) is 13.1 Å². The Morgan fingerprint density at radius 3 is 2.60 bits per heavy atom. The fourth-order valence-corrected chi connectivity index (χ4v) is 1.01. The van der Waals surface area contributed by atoms with Crippen LogP contribution in [0.25, 0.3) is 0 Å². The molecule has 0 atom stereocenters. The Bertz CT molecular complexity index is 380. The SMILES string of the molecule is C=NC(=N/C=C(\C)CO)c1ccccc1. The Balaban J connectivity index is 2.95. The molecule has 78 valence electrons. The topological polar surface area (TPSA) is 45.0 Å². The van der Waals surface area contributed by atoms with Crippen LogP contribution < -0.4 is 0 Å². The number of nitrogens with zero attached hydrogens (tertiary/aromatic N) is 2. The maximum Gasteiger partial charge on any atom is 0.158 e. The molecular formula is C12H14N2O. The van der Waals surface area contributed by atoms with Crippen LogP contribution in [-0.4, -0.2) is 24.3 Å². The molecule has 0 fully saturated rings. The highest BCUT2D eigenvalue weighted by Gasteiger charge is 1.97. The molecule has 15 heavy (non-hydrogen) atoms. The minimum Gasteiger partial charge on any atom is -0.392 e. The summed E-state index contributed by atoms with van der Waals surface area (Å²) in [4.78, 5) is 7.99. The molecule has 0 spiro atoms.